The first-order valence-electron chi connectivity index (χ1n) is 9.85. The molecule has 138 valence electrons. The third kappa shape index (κ3) is 3.43. The second-order valence-electron chi connectivity index (χ2n) is 8.26. The van der Waals surface area contributed by atoms with Gasteiger partial charge in [-0.2, -0.15) is 0 Å². The summed E-state index contributed by atoms with van der Waals surface area (Å²) in [6, 6.07) is 0.690. The number of hydrogen-bond donors (Lipinski definition) is 2. The molecule has 0 radical (unpaired) electrons. The Bertz CT molecular complexity index is 434. The van der Waals surface area contributed by atoms with Gasteiger partial charge in [-0.3, -0.25) is 0 Å². The number of nitrogens with one attached hydrogen (secondary N) is 2. The Balaban J connectivity index is 1.57. The number of amides is 1. The van der Waals surface area contributed by atoms with Gasteiger partial charge in [0.25, 0.3) is 0 Å². The fourth-order valence-electron chi connectivity index (χ4n) is 5.38. The fraction of sp³-hybridized carbons (Fsp3) is 0.947. The van der Waals surface area contributed by atoms with Crippen LogP contribution in [0.1, 0.15) is 59.3 Å². The summed E-state index contributed by atoms with van der Waals surface area (Å²) in [5.74, 6) is 1.22. The van der Waals surface area contributed by atoms with Crippen LogP contribution in [0.2, 0.25) is 0 Å². The number of fused-ring (bicyclic) bond motifs is 2. The lowest BCUT2D eigenvalue weighted by atomic mass is 9.54. The van der Waals surface area contributed by atoms with E-state index in [1.54, 1.807) is 0 Å². The van der Waals surface area contributed by atoms with Crippen LogP contribution in [-0.4, -0.2) is 44.0 Å². The van der Waals surface area contributed by atoms with E-state index in [4.69, 9.17) is 9.47 Å². The van der Waals surface area contributed by atoms with E-state index in [1.807, 2.05) is 6.92 Å². The van der Waals surface area contributed by atoms with Crippen molar-refractivity contribution in [1.29, 1.82) is 0 Å². The molecule has 0 aromatic carbocycles. The lowest BCUT2D eigenvalue weighted by molar-refractivity contribution is -0.130. The van der Waals surface area contributed by atoms with Gasteiger partial charge in [-0.05, 0) is 38.5 Å². The molecule has 2 N–H and O–H groups in total. The van der Waals surface area contributed by atoms with Gasteiger partial charge in [0, 0.05) is 36.6 Å². The molecule has 3 rings (SSSR count). The van der Waals surface area contributed by atoms with Crippen molar-refractivity contribution < 1.29 is 14.3 Å². The molecule has 4 atom stereocenters. The molecule has 0 bridgehead atoms. The molecule has 1 aliphatic heterocycles. The van der Waals surface area contributed by atoms with Crippen LogP contribution in [0.4, 0.5) is 4.79 Å². The molecule has 5 heteroatoms. The van der Waals surface area contributed by atoms with Crippen LogP contribution in [-0.2, 0) is 9.47 Å². The average molecular weight is 338 g/mol. The van der Waals surface area contributed by atoms with Crippen molar-refractivity contribution in [1.82, 2.24) is 10.6 Å². The van der Waals surface area contributed by atoms with Gasteiger partial charge < -0.3 is 20.1 Å². The molecule has 24 heavy (non-hydrogen) atoms. The largest absolute Gasteiger partial charge is 0.450 e. The van der Waals surface area contributed by atoms with Crippen molar-refractivity contribution >= 4 is 6.09 Å². The highest BCUT2D eigenvalue weighted by atomic mass is 16.5. The third-order valence-electron chi connectivity index (χ3n) is 6.22. The van der Waals surface area contributed by atoms with E-state index in [1.165, 1.54) is 32.1 Å². The molecule has 0 unspecified atom stereocenters. The third-order valence-corrected chi connectivity index (χ3v) is 6.22. The number of rotatable bonds is 7. The molecular formula is C19H34N2O3. The van der Waals surface area contributed by atoms with Crippen LogP contribution in [0.15, 0.2) is 0 Å². The van der Waals surface area contributed by atoms with Gasteiger partial charge in [0.2, 0.25) is 0 Å². The van der Waals surface area contributed by atoms with Gasteiger partial charge in [-0.15, -0.1) is 0 Å². The summed E-state index contributed by atoms with van der Waals surface area (Å²) < 4.78 is 11.1. The maximum atomic E-state index is 11.8. The zero-order chi connectivity index (χ0) is 17.2. The molecule has 3 aliphatic rings. The van der Waals surface area contributed by atoms with Crippen LogP contribution in [0.25, 0.3) is 0 Å². The fourth-order valence-corrected chi connectivity index (χ4v) is 5.38. The highest BCUT2D eigenvalue weighted by molar-refractivity contribution is 5.67. The minimum Gasteiger partial charge on any atom is -0.450 e. The summed E-state index contributed by atoms with van der Waals surface area (Å²) in [5.41, 5.74) is 0.369. The van der Waals surface area contributed by atoms with Crippen molar-refractivity contribution in [3.63, 3.8) is 0 Å². The predicted octanol–water partition coefficient (Wildman–Crippen LogP) is 3.08. The first kappa shape index (κ1) is 18.0. The van der Waals surface area contributed by atoms with E-state index in [-0.39, 0.29) is 12.1 Å². The van der Waals surface area contributed by atoms with E-state index in [0.29, 0.717) is 36.0 Å². The first-order chi connectivity index (χ1) is 11.6. The van der Waals surface area contributed by atoms with Crippen molar-refractivity contribution in [2.45, 2.75) is 77.5 Å². The number of carbonyl (C=O) groups is 1. The van der Waals surface area contributed by atoms with E-state index in [2.05, 4.69) is 24.5 Å². The van der Waals surface area contributed by atoms with Crippen molar-refractivity contribution in [3.05, 3.63) is 0 Å². The van der Waals surface area contributed by atoms with E-state index in [0.717, 1.165) is 19.6 Å². The molecule has 1 spiro atoms. The molecule has 2 saturated carbocycles. The summed E-state index contributed by atoms with van der Waals surface area (Å²) in [6.45, 7) is 8.40. The van der Waals surface area contributed by atoms with Gasteiger partial charge in [-0.25, -0.2) is 4.79 Å². The highest BCUT2D eigenvalue weighted by Gasteiger charge is 2.64. The highest BCUT2D eigenvalue weighted by Crippen LogP contribution is 2.60. The van der Waals surface area contributed by atoms with Gasteiger partial charge in [-0.1, -0.05) is 26.7 Å². The van der Waals surface area contributed by atoms with E-state index < -0.39 is 0 Å². The van der Waals surface area contributed by atoms with Crippen LogP contribution < -0.4 is 10.6 Å². The molecule has 1 saturated heterocycles. The maximum Gasteiger partial charge on any atom is 0.407 e. The Morgan fingerprint density at radius 1 is 1.33 bits per heavy atom. The number of ether oxygens (including phenoxy) is 2. The Labute approximate surface area is 146 Å². The zero-order valence-corrected chi connectivity index (χ0v) is 15.5. The minimum absolute atomic E-state index is 0.129. The van der Waals surface area contributed by atoms with Crippen LogP contribution in [0.5, 0.6) is 0 Å². The molecule has 2 aliphatic carbocycles. The van der Waals surface area contributed by atoms with Gasteiger partial charge in [0.1, 0.15) is 0 Å². The predicted molar refractivity (Wildman–Crippen MR) is 93.9 cm³/mol. The molecule has 1 amide bonds. The van der Waals surface area contributed by atoms with Gasteiger partial charge in [0.15, 0.2) is 0 Å². The van der Waals surface area contributed by atoms with Crippen molar-refractivity contribution in [2.24, 2.45) is 17.3 Å². The van der Waals surface area contributed by atoms with Gasteiger partial charge >= 0.3 is 6.09 Å². The quantitative estimate of drug-likeness (QED) is 0.749. The minimum atomic E-state index is -0.295. The molecule has 0 aromatic rings. The normalized spacial score (nSPS) is 31.8. The molecule has 5 nitrogen and oxygen atoms in total. The summed E-state index contributed by atoms with van der Waals surface area (Å²) in [6.07, 6.45) is 7.61. The Hall–Kier alpha value is -0.810. The van der Waals surface area contributed by atoms with E-state index >= 15 is 0 Å². The topological polar surface area (TPSA) is 59.6 Å². The van der Waals surface area contributed by atoms with Gasteiger partial charge in [0.05, 0.1) is 12.7 Å². The lowest BCUT2D eigenvalue weighted by Gasteiger charge is -2.57. The standard InChI is InChI=1S/C19H34N2O3/c1-4-23-18(22)21-14(11-13(2)3)12-20-16-15-7-10-24-17(15)19(16)8-5-6-9-19/h13-17,20H,4-12H2,1-3H3,(H,21,22)/t14-,15+,16+,17-/m0/s1. The number of carbonyl (C=O) groups excluding carboxylic acids is 1. The molecule has 0 aromatic heterocycles. The van der Waals surface area contributed by atoms with Crippen molar-refractivity contribution in [3.8, 4) is 0 Å². The number of alkyl carbamates (subject to hydrolysis) is 1. The molecular weight excluding hydrogens is 304 g/mol. The van der Waals surface area contributed by atoms with Crippen LogP contribution >= 0.6 is 0 Å². The summed E-state index contributed by atoms with van der Waals surface area (Å²) in [7, 11) is 0. The molecule has 1 heterocycles. The molecule has 3 fully saturated rings. The zero-order valence-electron chi connectivity index (χ0n) is 15.5. The summed E-state index contributed by atoms with van der Waals surface area (Å²) in [4.78, 5) is 11.8. The second kappa shape index (κ2) is 7.61. The van der Waals surface area contributed by atoms with Crippen LogP contribution in [0.3, 0.4) is 0 Å². The maximum absolute atomic E-state index is 11.8. The Morgan fingerprint density at radius 2 is 2.08 bits per heavy atom. The summed E-state index contributed by atoms with van der Waals surface area (Å²) >= 11 is 0. The average Bonchev–Trinajstić information content (AvgIpc) is 3.14. The monoisotopic (exact) mass is 338 g/mol. The Morgan fingerprint density at radius 3 is 2.75 bits per heavy atom. The van der Waals surface area contributed by atoms with Crippen LogP contribution in [0, 0.1) is 17.3 Å². The Kier molecular flexibility index (Phi) is 5.70. The smallest absolute Gasteiger partial charge is 0.407 e. The summed E-state index contributed by atoms with van der Waals surface area (Å²) in [5, 5.41) is 6.86. The second-order valence-corrected chi connectivity index (χ2v) is 8.26. The SMILES string of the molecule is CCOC(=O)N[C@H](CN[C@@H]1[C@H]2CCO[C@@H]2C12CCCC2)CC(C)C. The van der Waals surface area contributed by atoms with E-state index in [9.17, 15) is 4.79 Å². The number of hydrogen-bond acceptors (Lipinski definition) is 4. The first-order valence-corrected chi connectivity index (χ1v) is 9.85. The lowest BCUT2D eigenvalue weighted by Crippen LogP contribution is -2.68. The van der Waals surface area contributed by atoms with Crippen molar-refractivity contribution in [2.75, 3.05) is 19.8 Å².